The molecule has 0 nitrogen and oxygen atoms in total. The van der Waals surface area contributed by atoms with Gasteiger partial charge in [0.2, 0.25) is 0 Å². The van der Waals surface area contributed by atoms with Crippen molar-refractivity contribution >= 4 is 0 Å². The third kappa shape index (κ3) is 1.92. The molecule has 0 radical (unpaired) electrons. The van der Waals surface area contributed by atoms with Crippen molar-refractivity contribution in [3.05, 3.63) is 0 Å². The van der Waals surface area contributed by atoms with Crippen molar-refractivity contribution in [3.8, 4) is 0 Å². The van der Waals surface area contributed by atoms with Gasteiger partial charge in [-0.15, -0.1) is 0 Å². The van der Waals surface area contributed by atoms with E-state index in [4.69, 9.17) is 0 Å². The Balaban J connectivity index is 2.76. The summed E-state index contributed by atoms with van der Waals surface area (Å²) in [5.41, 5.74) is 0.589. The summed E-state index contributed by atoms with van der Waals surface area (Å²) in [6.45, 7) is 14.6. The van der Waals surface area contributed by atoms with Crippen LogP contribution in [0, 0.1) is 29.1 Å². The third-order valence-electron chi connectivity index (χ3n) is 4.90. The number of rotatable bonds is 1. The predicted octanol–water partition coefficient (Wildman–Crippen LogP) is 4.35. The van der Waals surface area contributed by atoms with Crippen LogP contribution < -0.4 is 0 Å². The van der Waals surface area contributed by atoms with Crippen molar-refractivity contribution in [2.45, 2.75) is 54.4 Å². The van der Waals surface area contributed by atoms with Crippen LogP contribution in [0.5, 0.6) is 0 Å². The van der Waals surface area contributed by atoms with Crippen LogP contribution in [0.2, 0.25) is 0 Å². The minimum atomic E-state index is 0.589. The van der Waals surface area contributed by atoms with E-state index in [2.05, 4.69) is 41.5 Å². The molecule has 0 bridgehead atoms. The van der Waals surface area contributed by atoms with Crippen molar-refractivity contribution in [1.29, 1.82) is 0 Å². The van der Waals surface area contributed by atoms with E-state index in [0.29, 0.717) is 5.41 Å². The van der Waals surface area contributed by atoms with Crippen LogP contribution in [-0.4, -0.2) is 0 Å². The first kappa shape index (κ1) is 11.1. The minimum absolute atomic E-state index is 0.589. The van der Waals surface area contributed by atoms with E-state index in [1.165, 1.54) is 12.8 Å². The quantitative estimate of drug-likeness (QED) is 0.565. The average Bonchev–Trinajstić information content (AvgIpc) is 2.01. The largest absolute Gasteiger partial charge is 0.0622 e. The summed E-state index contributed by atoms with van der Waals surface area (Å²) in [5, 5.41) is 0. The Hall–Kier alpha value is 0. The van der Waals surface area contributed by atoms with Gasteiger partial charge in [0.25, 0.3) is 0 Å². The van der Waals surface area contributed by atoms with Gasteiger partial charge in [-0.25, -0.2) is 0 Å². The second-order valence-electron chi connectivity index (χ2n) is 5.96. The molecule has 0 heteroatoms. The highest BCUT2D eigenvalue weighted by Crippen LogP contribution is 2.50. The first-order chi connectivity index (χ1) is 5.88. The monoisotopic (exact) mass is 182 g/mol. The summed E-state index contributed by atoms with van der Waals surface area (Å²) in [5.74, 6) is 3.58. The van der Waals surface area contributed by atoms with Crippen molar-refractivity contribution in [2.75, 3.05) is 0 Å². The highest BCUT2D eigenvalue weighted by Gasteiger charge is 2.41. The summed E-state index contributed by atoms with van der Waals surface area (Å²) in [6, 6.07) is 0. The van der Waals surface area contributed by atoms with E-state index in [1.54, 1.807) is 0 Å². The molecular formula is C13H26. The Morgan fingerprint density at radius 1 is 1.08 bits per heavy atom. The second-order valence-corrected chi connectivity index (χ2v) is 5.96. The topological polar surface area (TPSA) is 0 Å². The molecule has 0 amide bonds. The second kappa shape index (κ2) is 3.63. The van der Waals surface area contributed by atoms with Gasteiger partial charge in [0.15, 0.2) is 0 Å². The van der Waals surface area contributed by atoms with Gasteiger partial charge in [-0.05, 0) is 41.9 Å². The van der Waals surface area contributed by atoms with E-state index >= 15 is 0 Å². The van der Waals surface area contributed by atoms with Crippen LogP contribution in [0.4, 0.5) is 0 Å². The van der Waals surface area contributed by atoms with Crippen LogP contribution in [0.3, 0.4) is 0 Å². The molecule has 0 aliphatic heterocycles. The van der Waals surface area contributed by atoms with E-state index in [0.717, 1.165) is 23.7 Å². The average molecular weight is 182 g/mol. The molecule has 1 saturated carbocycles. The Bertz CT molecular complexity index is 171. The molecule has 0 aromatic heterocycles. The van der Waals surface area contributed by atoms with Gasteiger partial charge in [-0.1, -0.05) is 41.5 Å². The van der Waals surface area contributed by atoms with E-state index in [9.17, 15) is 0 Å². The molecule has 0 N–H and O–H groups in total. The molecule has 4 atom stereocenters. The van der Waals surface area contributed by atoms with Gasteiger partial charge in [0.05, 0.1) is 0 Å². The van der Waals surface area contributed by atoms with Gasteiger partial charge in [-0.3, -0.25) is 0 Å². The van der Waals surface area contributed by atoms with Gasteiger partial charge < -0.3 is 0 Å². The SMILES string of the molecule is CC1CC(C)C(C)(C(C)C)CC1C. The maximum absolute atomic E-state index is 2.49. The zero-order valence-electron chi connectivity index (χ0n) is 10.2. The van der Waals surface area contributed by atoms with Gasteiger partial charge in [0, 0.05) is 0 Å². The summed E-state index contributed by atoms with van der Waals surface area (Å²) >= 11 is 0. The summed E-state index contributed by atoms with van der Waals surface area (Å²) in [4.78, 5) is 0. The molecule has 0 saturated heterocycles. The fourth-order valence-corrected chi connectivity index (χ4v) is 2.96. The molecule has 1 aliphatic rings. The molecule has 1 fully saturated rings. The lowest BCUT2D eigenvalue weighted by atomic mass is 9.57. The Morgan fingerprint density at radius 2 is 1.62 bits per heavy atom. The van der Waals surface area contributed by atoms with Gasteiger partial charge >= 0.3 is 0 Å². The van der Waals surface area contributed by atoms with Crippen LogP contribution in [0.1, 0.15) is 54.4 Å². The highest BCUT2D eigenvalue weighted by atomic mass is 14.5. The highest BCUT2D eigenvalue weighted by molar-refractivity contribution is 4.90. The number of hydrogen-bond acceptors (Lipinski definition) is 0. The molecular weight excluding hydrogens is 156 g/mol. The third-order valence-corrected chi connectivity index (χ3v) is 4.90. The lowest BCUT2D eigenvalue weighted by Gasteiger charge is -2.48. The van der Waals surface area contributed by atoms with Crippen LogP contribution in [0.25, 0.3) is 0 Å². The Labute approximate surface area is 84.1 Å². The summed E-state index contributed by atoms with van der Waals surface area (Å²) in [7, 11) is 0. The minimum Gasteiger partial charge on any atom is -0.0622 e. The van der Waals surface area contributed by atoms with Gasteiger partial charge in [-0.2, -0.15) is 0 Å². The van der Waals surface area contributed by atoms with Crippen molar-refractivity contribution in [1.82, 2.24) is 0 Å². The molecule has 1 aliphatic carbocycles. The fraction of sp³-hybridized carbons (Fsp3) is 1.00. The molecule has 0 spiro atoms. The van der Waals surface area contributed by atoms with Crippen LogP contribution in [0.15, 0.2) is 0 Å². The van der Waals surface area contributed by atoms with E-state index < -0.39 is 0 Å². The van der Waals surface area contributed by atoms with Crippen molar-refractivity contribution < 1.29 is 0 Å². The standard InChI is InChI=1S/C13H26/c1-9(2)13(6)8-11(4)10(3)7-12(13)5/h9-12H,7-8H2,1-6H3. The predicted molar refractivity (Wildman–Crippen MR) is 59.7 cm³/mol. The lowest BCUT2D eigenvalue weighted by molar-refractivity contribution is 0.0158. The van der Waals surface area contributed by atoms with E-state index in [1.807, 2.05) is 0 Å². The first-order valence-electron chi connectivity index (χ1n) is 5.88. The van der Waals surface area contributed by atoms with Crippen LogP contribution in [-0.2, 0) is 0 Å². The molecule has 0 aromatic rings. The Morgan fingerprint density at radius 3 is 2.08 bits per heavy atom. The lowest BCUT2D eigenvalue weighted by Crippen LogP contribution is -2.39. The molecule has 0 heterocycles. The van der Waals surface area contributed by atoms with Crippen LogP contribution >= 0.6 is 0 Å². The number of hydrogen-bond donors (Lipinski definition) is 0. The Kier molecular flexibility index (Phi) is 3.09. The summed E-state index contributed by atoms with van der Waals surface area (Å²) in [6.07, 6.45) is 2.85. The maximum Gasteiger partial charge on any atom is -0.0274 e. The molecule has 78 valence electrons. The smallest absolute Gasteiger partial charge is 0.0274 e. The zero-order valence-corrected chi connectivity index (χ0v) is 10.2. The van der Waals surface area contributed by atoms with Gasteiger partial charge in [0.1, 0.15) is 0 Å². The molecule has 13 heavy (non-hydrogen) atoms. The van der Waals surface area contributed by atoms with E-state index in [-0.39, 0.29) is 0 Å². The van der Waals surface area contributed by atoms with Crippen molar-refractivity contribution in [3.63, 3.8) is 0 Å². The maximum atomic E-state index is 2.49. The fourth-order valence-electron chi connectivity index (χ4n) is 2.96. The normalized spacial score (nSPS) is 46.8. The summed E-state index contributed by atoms with van der Waals surface area (Å²) < 4.78 is 0. The molecule has 0 aromatic carbocycles. The van der Waals surface area contributed by atoms with Crippen molar-refractivity contribution in [2.24, 2.45) is 29.1 Å². The first-order valence-corrected chi connectivity index (χ1v) is 5.88. The molecule has 4 unspecified atom stereocenters. The molecule has 1 rings (SSSR count). The zero-order chi connectivity index (χ0) is 10.2.